The molecule has 0 saturated heterocycles. The van der Waals surface area contributed by atoms with Gasteiger partial charge < -0.3 is 20.1 Å². The van der Waals surface area contributed by atoms with Gasteiger partial charge in [0.15, 0.2) is 0 Å². The molecule has 5 nitrogen and oxygen atoms in total. The molecule has 0 heterocycles. The van der Waals surface area contributed by atoms with Crippen LogP contribution in [0.25, 0.3) is 0 Å². The molecule has 0 aliphatic heterocycles. The van der Waals surface area contributed by atoms with Crippen LogP contribution in [0.1, 0.15) is 30.5 Å². The standard InChI is InChI=1S/C15H24N2O3/c1-11(17-8-7-15(18)16-2)12-5-6-14(20-4)13(9-12)10-19-3/h5-6,9,11,17H,7-8,10H2,1-4H3,(H,16,18). The van der Waals surface area contributed by atoms with E-state index in [1.54, 1.807) is 21.3 Å². The van der Waals surface area contributed by atoms with Crippen molar-refractivity contribution < 1.29 is 14.3 Å². The van der Waals surface area contributed by atoms with Gasteiger partial charge >= 0.3 is 0 Å². The van der Waals surface area contributed by atoms with Crippen molar-refractivity contribution in [1.29, 1.82) is 0 Å². The highest BCUT2D eigenvalue weighted by molar-refractivity contribution is 5.75. The van der Waals surface area contributed by atoms with Gasteiger partial charge in [-0.2, -0.15) is 0 Å². The highest BCUT2D eigenvalue weighted by Gasteiger charge is 2.10. The zero-order chi connectivity index (χ0) is 15.0. The Morgan fingerprint density at radius 3 is 2.70 bits per heavy atom. The van der Waals surface area contributed by atoms with Crippen LogP contribution < -0.4 is 15.4 Å². The van der Waals surface area contributed by atoms with Gasteiger partial charge in [0.25, 0.3) is 0 Å². The van der Waals surface area contributed by atoms with Crippen molar-refractivity contribution in [2.75, 3.05) is 27.8 Å². The second-order valence-electron chi connectivity index (χ2n) is 4.60. The zero-order valence-electron chi connectivity index (χ0n) is 12.7. The molecule has 1 aromatic rings. The lowest BCUT2D eigenvalue weighted by atomic mass is 10.0. The van der Waals surface area contributed by atoms with Crippen molar-refractivity contribution in [2.45, 2.75) is 26.0 Å². The van der Waals surface area contributed by atoms with Crippen molar-refractivity contribution in [1.82, 2.24) is 10.6 Å². The van der Waals surface area contributed by atoms with E-state index in [4.69, 9.17) is 9.47 Å². The average Bonchev–Trinajstić information content (AvgIpc) is 2.47. The minimum atomic E-state index is 0.0412. The molecular weight excluding hydrogens is 256 g/mol. The number of carbonyl (C=O) groups is 1. The largest absolute Gasteiger partial charge is 0.496 e. The normalized spacial score (nSPS) is 12.0. The smallest absolute Gasteiger partial charge is 0.221 e. The SMILES string of the molecule is CNC(=O)CCNC(C)c1ccc(OC)c(COC)c1. The van der Waals surface area contributed by atoms with Gasteiger partial charge in [0.05, 0.1) is 13.7 Å². The molecule has 0 bridgehead atoms. The molecule has 20 heavy (non-hydrogen) atoms. The van der Waals surface area contributed by atoms with Gasteiger partial charge in [0, 0.05) is 38.7 Å². The topological polar surface area (TPSA) is 59.6 Å². The third-order valence-corrected chi connectivity index (χ3v) is 3.19. The molecular formula is C15H24N2O3. The Kier molecular flexibility index (Phi) is 7.04. The van der Waals surface area contributed by atoms with Gasteiger partial charge in [-0.25, -0.2) is 0 Å². The summed E-state index contributed by atoms with van der Waals surface area (Å²) in [4.78, 5) is 11.2. The van der Waals surface area contributed by atoms with E-state index < -0.39 is 0 Å². The van der Waals surface area contributed by atoms with Crippen LogP contribution in [0.2, 0.25) is 0 Å². The molecule has 0 aliphatic carbocycles. The first kappa shape index (κ1) is 16.5. The predicted molar refractivity (Wildman–Crippen MR) is 78.8 cm³/mol. The van der Waals surface area contributed by atoms with Crippen LogP contribution in [0.3, 0.4) is 0 Å². The van der Waals surface area contributed by atoms with Crippen LogP contribution in [0.5, 0.6) is 5.75 Å². The molecule has 1 amide bonds. The molecule has 112 valence electrons. The quantitative estimate of drug-likeness (QED) is 0.760. The lowest BCUT2D eigenvalue weighted by Crippen LogP contribution is -2.26. The summed E-state index contributed by atoms with van der Waals surface area (Å²) < 4.78 is 10.5. The summed E-state index contributed by atoms with van der Waals surface area (Å²) in [6, 6.07) is 6.21. The fourth-order valence-electron chi connectivity index (χ4n) is 1.98. The second kappa shape index (κ2) is 8.55. The van der Waals surface area contributed by atoms with Crippen molar-refractivity contribution >= 4 is 5.91 Å². The first-order valence-electron chi connectivity index (χ1n) is 6.72. The summed E-state index contributed by atoms with van der Waals surface area (Å²) in [5.41, 5.74) is 2.17. The van der Waals surface area contributed by atoms with E-state index in [-0.39, 0.29) is 11.9 Å². The van der Waals surface area contributed by atoms with Crippen molar-refractivity contribution in [3.8, 4) is 5.75 Å². The van der Waals surface area contributed by atoms with E-state index in [9.17, 15) is 4.79 Å². The summed E-state index contributed by atoms with van der Waals surface area (Å²) in [6.45, 7) is 3.23. The van der Waals surface area contributed by atoms with E-state index in [2.05, 4.69) is 23.6 Å². The van der Waals surface area contributed by atoms with E-state index in [1.807, 2.05) is 12.1 Å². The van der Waals surface area contributed by atoms with Gasteiger partial charge in [0.1, 0.15) is 5.75 Å². The van der Waals surface area contributed by atoms with Crippen LogP contribution >= 0.6 is 0 Å². The molecule has 0 saturated carbocycles. The van der Waals surface area contributed by atoms with Crippen molar-refractivity contribution in [3.63, 3.8) is 0 Å². The third kappa shape index (κ3) is 4.83. The molecule has 1 atom stereocenters. The van der Waals surface area contributed by atoms with E-state index >= 15 is 0 Å². The molecule has 0 spiro atoms. The van der Waals surface area contributed by atoms with Gasteiger partial charge in [-0.05, 0) is 24.6 Å². The van der Waals surface area contributed by atoms with E-state index in [0.29, 0.717) is 19.6 Å². The Morgan fingerprint density at radius 2 is 2.10 bits per heavy atom. The number of benzene rings is 1. The molecule has 0 radical (unpaired) electrons. The Bertz CT molecular complexity index is 435. The maximum absolute atomic E-state index is 11.2. The number of methoxy groups -OCH3 is 2. The van der Waals surface area contributed by atoms with Crippen LogP contribution in [-0.2, 0) is 16.1 Å². The minimum absolute atomic E-state index is 0.0412. The minimum Gasteiger partial charge on any atom is -0.496 e. The first-order valence-corrected chi connectivity index (χ1v) is 6.72. The summed E-state index contributed by atoms with van der Waals surface area (Å²) >= 11 is 0. The lowest BCUT2D eigenvalue weighted by Gasteiger charge is -2.16. The van der Waals surface area contributed by atoms with Crippen LogP contribution in [0.4, 0.5) is 0 Å². The molecule has 0 aromatic heterocycles. The van der Waals surface area contributed by atoms with Crippen molar-refractivity contribution in [2.24, 2.45) is 0 Å². The first-order chi connectivity index (χ1) is 9.62. The average molecular weight is 280 g/mol. The zero-order valence-corrected chi connectivity index (χ0v) is 12.7. The third-order valence-electron chi connectivity index (χ3n) is 3.19. The number of amides is 1. The summed E-state index contributed by atoms with van der Waals surface area (Å²) in [5, 5.41) is 5.94. The maximum Gasteiger partial charge on any atom is 0.221 e. The monoisotopic (exact) mass is 280 g/mol. The Morgan fingerprint density at radius 1 is 1.35 bits per heavy atom. The second-order valence-corrected chi connectivity index (χ2v) is 4.60. The number of rotatable bonds is 8. The van der Waals surface area contributed by atoms with E-state index in [1.165, 1.54) is 0 Å². The van der Waals surface area contributed by atoms with Crippen LogP contribution in [-0.4, -0.2) is 33.7 Å². The summed E-state index contributed by atoms with van der Waals surface area (Å²) in [6.07, 6.45) is 0.474. The maximum atomic E-state index is 11.2. The predicted octanol–water partition coefficient (Wildman–Crippen LogP) is 1.63. The molecule has 1 unspecified atom stereocenters. The Hall–Kier alpha value is -1.59. The summed E-state index contributed by atoms with van der Waals surface area (Å²) in [7, 11) is 4.96. The van der Waals surface area contributed by atoms with Gasteiger partial charge in [-0.15, -0.1) is 0 Å². The number of hydrogen-bond acceptors (Lipinski definition) is 4. The van der Waals surface area contributed by atoms with Crippen molar-refractivity contribution in [3.05, 3.63) is 29.3 Å². The van der Waals surface area contributed by atoms with Crippen LogP contribution in [0, 0.1) is 0 Å². The van der Waals surface area contributed by atoms with Gasteiger partial charge in [-0.1, -0.05) is 6.07 Å². The molecule has 2 N–H and O–H groups in total. The fraction of sp³-hybridized carbons (Fsp3) is 0.533. The molecule has 0 aliphatic rings. The highest BCUT2D eigenvalue weighted by Crippen LogP contribution is 2.23. The van der Waals surface area contributed by atoms with Gasteiger partial charge in [0.2, 0.25) is 5.91 Å². The molecule has 0 fully saturated rings. The fourth-order valence-corrected chi connectivity index (χ4v) is 1.98. The number of carbonyl (C=O) groups excluding carboxylic acids is 1. The molecule has 1 aromatic carbocycles. The number of nitrogens with one attached hydrogen (secondary N) is 2. The molecule has 1 rings (SSSR count). The van der Waals surface area contributed by atoms with E-state index in [0.717, 1.165) is 16.9 Å². The molecule has 5 heteroatoms. The Balaban J connectivity index is 2.65. The lowest BCUT2D eigenvalue weighted by molar-refractivity contribution is -0.120. The van der Waals surface area contributed by atoms with Crippen LogP contribution in [0.15, 0.2) is 18.2 Å². The number of hydrogen-bond donors (Lipinski definition) is 2. The number of ether oxygens (including phenoxy) is 2. The summed E-state index contributed by atoms with van der Waals surface area (Å²) in [5.74, 6) is 0.868. The highest BCUT2D eigenvalue weighted by atomic mass is 16.5. The Labute approximate surface area is 120 Å². The van der Waals surface area contributed by atoms with Gasteiger partial charge in [-0.3, -0.25) is 4.79 Å².